The molecule has 0 radical (unpaired) electrons. The van der Waals surface area contributed by atoms with E-state index in [1.54, 1.807) is 0 Å². The van der Waals surface area contributed by atoms with Crippen molar-refractivity contribution in [2.45, 2.75) is 43.9 Å². The monoisotopic (exact) mass is 559 g/mol. The molecule has 1 N–H and O–H groups in total. The van der Waals surface area contributed by atoms with Gasteiger partial charge in [-0.1, -0.05) is 34.1 Å². The van der Waals surface area contributed by atoms with Crippen LogP contribution in [0.1, 0.15) is 49.2 Å². The highest BCUT2D eigenvalue weighted by Gasteiger charge is 2.42. The summed E-state index contributed by atoms with van der Waals surface area (Å²) in [5.41, 5.74) is 2.92. The van der Waals surface area contributed by atoms with Crippen LogP contribution < -0.4 is 15.0 Å². The average Bonchev–Trinajstić information content (AvgIpc) is 3.66. The van der Waals surface area contributed by atoms with Gasteiger partial charge in [0, 0.05) is 21.9 Å². The van der Waals surface area contributed by atoms with Crippen molar-refractivity contribution in [3.8, 4) is 17.1 Å². The number of pyridine rings is 1. The normalized spacial score (nSPS) is 20.0. The zero-order chi connectivity index (χ0) is 24.5. The fraction of sp³-hybridized carbons (Fsp3) is 0.241. The van der Waals surface area contributed by atoms with Crippen LogP contribution in [-0.4, -0.2) is 16.2 Å². The van der Waals surface area contributed by atoms with E-state index in [4.69, 9.17) is 21.4 Å². The van der Waals surface area contributed by atoms with Crippen LogP contribution in [-0.2, 0) is 0 Å². The summed E-state index contributed by atoms with van der Waals surface area (Å²) in [6.07, 6.45) is 6.90. The average molecular weight is 561 g/mol. The van der Waals surface area contributed by atoms with Crippen LogP contribution in [0.15, 0.2) is 93.9 Å². The maximum atomic E-state index is 6.45. The number of hydrogen-bond acceptors (Lipinski definition) is 4. The maximum absolute atomic E-state index is 6.45. The molecule has 2 aliphatic rings. The highest BCUT2D eigenvalue weighted by atomic mass is 79.9. The lowest BCUT2D eigenvalue weighted by atomic mass is 10.0. The molecule has 0 bridgehead atoms. The van der Waals surface area contributed by atoms with Crippen LogP contribution in [0, 0.1) is 0 Å². The summed E-state index contributed by atoms with van der Waals surface area (Å²) < 4.78 is 13.7. The second kappa shape index (κ2) is 10.1. The predicted molar refractivity (Wildman–Crippen MR) is 149 cm³/mol. The molecule has 1 saturated carbocycles. The number of ether oxygens (including phenoxy) is 1. The number of benzene rings is 2. The molecule has 2 fully saturated rings. The van der Waals surface area contributed by atoms with Crippen LogP contribution in [0.5, 0.6) is 5.75 Å². The van der Waals surface area contributed by atoms with Crippen molar-refractivity contribution in [2.75, 3.05) is 4.90 Å². The first-order valence-corrected chi connectivity index (χ1v) is 13.5. The minimum absolute atomic E-state index is 0.156. The van der Waals surface area contributed by atoms with Crippen molar-refractivity contribution in [3.63, 3.8) is 0 Å². The minimum Gasteiger partial charge on any atom is -0.490 e. The Morgan fingerprint density at radius 1 is 0.944 bits per heavy atom. The van der Waals surface area contributed by atoms with Gasteiger partial charge in [-0.05, 0) is 98.6 Å². The molecule has 4 aromatic rings. The van der Waals surface area contributed by atoms with Gasteiger partial charge in [0.15, 0.2) is 5.11 Å². The number of rotatable bonds is 6. The highest BCUT2D eigenvalue weighted by Crippen LogP contribution is 2.43. The van der Waals surface area contributed by atoms with E-state index in [0.717, 1.165) is 51.5 Å². The first-order valence-electron chi connectivity index (χ1n) is 12.3. The van der Waals surface area contributed by atoms with E-state index in [1.807, 2.05) is 72.9 Å². The Kier molecular flexibility index (Phi) is 6.50. The molecule has 2 aromatic heterocycles. The second-order valence-electron chi connectivity index (χ2n) is 9.22. The summed E-state index contributed by atoms with van der Waals surface area (Å²) in [5.74, 6) is 2.54. The molecule has 2 aromatic carbocycles. The van der Waals surface area contributed by atoms with Gasteiger partial charge in [0.05, 0.1) is 17.8 Å². The Morgan fingerprint density at radius 3 is 2.44 bits per heavy atom. The van der Waals surface area contributed by atoms with Crippen LogP contribution in [0.3, 0.4) is 0 Å². The van der Waals surface area contributed by atoms with E-state index in [9.17, 15) is 0 Å². The zero-order valence-corrected chi connectivity index (χ0v) is 22.0. The molecular formula is C29H26BrN3O2S. The van der Waals surface area contributed by atoms with Gasteiger partial charge < -0.3 is 19.4 Å². The van der Waals surface area contributed by atoms with E-state index in [1.165, 1.54) is 12.8 Å². The van der Waals surface area contributed by atoms with E-state index >= 15 is 0 Å². The lowest BCUT2D eigenvalue weighted by Gasteiger charge is -2.26. The van der Waals surface area contributed by atoms with E-state index in [0.29, 0.717) is 11.2 Å². The van der Waals surface area contributed by atoms with E-state index in [2.05, 4.69) is 43.3 Å². The second-order valence-corrected chi connectivity index (χ2v) is 10.5. The highest BCUT2D eigenvalue weighted by molar-refractivity contribution is 9.10. The molecule has 1 aliphatic carbocycles. The minimum atomic E-state index is -0.196. The number of furan rings is 1. The first kappa shape index (κ1) is 23.3. The third-order valence-corrected chi connectivity index (χ3v) is 7.71. The lowest BCUT2D eigenvalue weighted by molar-refractivity contribution is 0.210. The molecule has 3 heterocycles. The molecule has 2 atom stereocenters. The van der Waals surface area contributed by atoms with Gasteiger partial charge in [-0.3, -0.25) is 4.98 Å². The quantitative estimate of drug-likeness (QED) is 0.245. The van der Waals surface area contributed by atoms with Gasteiger partial charge in [-0.25, -0.2) is 0 Å². The Balaban J connectivity index is 1.34. The molecule has 1 aliphatic heterocycles. The molecule has 7 heteroatoms. The van der Waals surface area contributed by atoms with E-state index < -0.39 is 0 Å². The van der Waals surface area contributed by atoms with Crippen molar-refractivity contribution in [2.24, 2.45) is 0 Å². The Bertz CT molecular complexity index is 1340. The summed E-state index contributed by atoms with van der Waals surface area (Å²) in [5, 5.41) is 4.14. The van der Waals surface area contributed by atoms with E-state index in [-0.39, 0.29) is 12.1 Å². The number of thiocarbonyl (C=S) groups is 1. The molecular weight excluding hydrogens is 534 g/mol. The molecule has 0 spiro atoms. The molecule has 5 nitrogen and oxygen atoms in total. The maximum Gasteiger partial charge on any atom is 0.174 e. The summed E-state index contributed by atoms with van der Waals surface area (Å²) in [6.45, 7) is 0. The van der Waals surface area contributed by atoms with Crippen LogP contribution in [0.25, 0.3) is 11.3 Å². The summed E-state index contributed by atoms with van der Waals surface area (Å²) >= 11 is 9.35. The smallest absolute Gasteiger partial charge is 0.174 e. The van der Waals surface area contributed by atoms with Crippen molar-refractivity contribution < 1.29 is 9.15 Å². The largest absolute Gasteiger partial charge is 0.490 e. The van der Waals surface area contributed by atoms with Crippen LogP contribution in [0.2, 0.25) is 0 Å². The number of anilines is 1. The molecule has 6 rings (SSSR count). The molecule has 36 heavy (non-hydrogen) atoms. The summed E-state index contributed by atoms with van der Waals surface area (Å²) in [6, 6.07) is 26.0. The standard InChI is InChI=1S/C29H26BrN3O2S/c30-20-10-8-19(9-11-20)25-16-17-26(35-25)28-27(24-7-3-4-18-31-24)32-29(36)33(28)21-12-14-23(15-13-21)34-22-5-1-2-6-22/h3-4,7-18,22,27-28H,1-2,5-6H2,(H,32,36)/t27-,28-/m0/s1. The number of halogens is 1. The predicted octanol–water partition coefficient (Wildman–Crippen LogP) is 7.60. The summed E-state index contributed by atoms with van der Waals surface area (Å²) in [4.78, 5) is 6.75. The van der Waals surface area contributed by atoms with Gasteiger partial charge >= 0.3 is 0 Å². The van der Waals surface area contributed by atoms with Gasteiger partial charge in [0.2, 0.25) is 0 Å². The number of nitrogens with zero attached hydrogens (tertiary/aromatic N) is 2. The molecule has 0 amide bonds. The van der Waals surface area contributed by atoms with Crippen molar-refractivity contribution >= 4 is 38.9 Å². The number of hydrogen-bond donors (Lipinski definition) is 1. The molecule has 182 valence electrons. The first-order chi connectivity index (χ1) is 17.7. The number of nitrogens with one attached hydrogen (secondary N) is 1. The molecule has 0 unspecified atom stereocenters. The van der Waals surface area contributed by atoms with Gasteiger partial charge in [-0.2, -0.15) is 0 Å². The fourth-order valence-electron chi connectivity index (χ4n) is 5.09. The lowest BCUT2D eigenvalue weighted by Crippen LogP contribution is -2.29. The SMILES string of the molecule is S=C1N[C@@H](c2ccccn2)[C@H](c2ccc(-c3ccc(Br)cc3)o2)N1c1ccc(OC2CCCC2)cc1. The summed E-state index contributed by atoms with van der Waals surface area (Å²) in [7, 11) is 0. The van der Waals surface area contributed by atoms with Gasteiger partial charge in [-0.15, -0.1) is 0 Å². The van der Waals surface area contributed by atoms with Crippen molar-refractivity contribution in [3.05, 3.63) is 101 Å². The number of aromatic nitrogens is 1. The third kappa shape index (κ3) is 4.65. The Hall–Kier alpha value is -3.16. The van der Waals surface area contributed by atoms with Crippen molar-refractivity contribution in [1.82, 2.24) is 10.3 Å². The fourth-order valence-corrected chi connectivity index (χ4v) is 5.70. The molecule has 1 saturated heterocycles. The van der Waals surface area contributed by atoms with Crippen LogP contribution >= 0.6 is 28.1 Å². The van der Waals surface area contributed by atoms with Gasteiger partial charge in [0.25, 0.3) is 0 Å². The van der Waals surface area contributed by atoms with Crippen LogP contribution in [0.4, 0.5) is 5.69 Å². The van der Waals surface area contributed by atoms with Gasteiger partial charge in [0.1, 0.15) is 23.3 Å². The Labute approximate surface area is 224 Å². The third-order valence-electron chi connectivity index (χ3n) is 6.86. The Morgan fingerprint density at radius 2 is 1.72 bits per heavy atom. The zero-order valence-electron chi connectivity index (χ0n) is 19.6. The topological polar surface area (TPSA) is 50.5 Å². The van der Waals surface area contributed by atoms with Crippen molar-refractivity contribution in [1.29, 1.82) is 0 Å².